The minimum atomic E-state index is -0.661. The van der Waals surface area contributed by atoms with Gasteiger partial charge in [0, 0.05) is 44.8 Å². The number of hydrogen-bond acceptors (Lipinski definition) is 3. The van der Waals surface area contributed by atoms with Gasteiger partial charge in [0.2, 0.25) is 0 Å². The fourth-order valence-electron chi connectivity index (χ4n) is 2.61. The standard InChI is InChI=1S/C14H24N2O2/c1-4-16-7-6-15-13(16)10-14(17)5-8-18-12(9-14)11(2)3/h6-7,11-12,17H,4-5,8-10H2,1-3H3. The molecule has 102 valence electrons. The number of aryl methyl sites for hydroxylation is 1. The first-order chi connectivity index (χ1) is 8.54. The molecule has 1 aliphatic heterocycles. The van der Waals surface area contributed by atoms with E-state index in [9.17, 15) is 5.11 Å². The molecule has 2 atom stereocenters. The number of hydrogen-bond donors (Lipinski definition) is 1. The Morgan fingerprint density at radius 1 is 1.61 bits per heavy atom. The van der Waals surface area contributed by atoms with Gasteiger partial charge in [0.1, 0.15) is 5.82 Å². The van der Waals surface area contributed by atoms with Crippen LogP contribution in [-0.4, -0.2) is 33.0 Å². The van der Waals surface area contributed by atoms with E-state index in [0.717, 1.165) is 12.4 Å². The van der Waals surface area contributed by atoms with Crippen LogP contribution in [-0.2, 0) is 17.7 Å². The van der Waals surface area contributed by atoms with Gasteiger partial charge in [-0.1, -0.05) is 13.8 Å². The number of rotatable bonds is 4. The third kappa shape index (κ3) is 2.93. The van der Waals surface area contributed by atoms with Crippen molar-refractivity contribution < 1.29 is 9.84 Å². The maximum Gasteiger partial charge on any atom is 0.111 e. The van der Waals surface area contributed by atoms with Crippen molar-refractivity contribution in [2.45, 2.75) is 58.3 Å². The Kier molecular flexibility index (Phi) is 4.07. The monoisotopic (exact) mass is 252 g/mol. The topological polar surface area (TPSA) is 47.3 Å². The van der Waals surface area contributed by atoms with Crippen LogP contribution in [0.15, 0.2) is 12.4 Å². The Hall–Kier alpha value is -0.870. The van der Waals surface area contributed by atoms with E-state index in [2.05, 4.69) is 30.3 Å². The number of imidazole rings is 1. The zero-order valence-electron chi connectivity index (χ0n) is 11.6. The maximum absolute atomic E-state index is 10.7. The van der Waals surface area contributed by atoms with Gasteiger partial charge >= 0.3 is 0 Å². The van der Waals surface area contributed by atoms with Gasteiger partial charge in [-0.05, 0) is 12.8 Å². The number of nitrogens with zero attached hydrogens (tertiary/aromatic N) is 2. The Labute approximate surface area is 109 Å². The van der Waals surface area contributed by atoms with E-state index in [1.54, 1.807) is 6.20 Å². The van der Waals surface area contributed by atoms with Crippen molar-refractivity contribution in [3.63, 3.8) is 0 Å². The lowest BCUT2D eigenvalue weighted by atomic mass is 9.83. The Morgan fingerprint density at radius 2 is 2.39 bits per heavy atom. The number of aromatic nitrogens is 2. The molecule has 0 amide bonds. The van der Waals surface area contributed by atoms with Crippen molar-refractivity contribution in [2.24, 2.45) is 5.92 Å². The summed E-state index contributed by atoms with van der Waals surface area (Å²) in [6.45, 7) is 7.92. The summed E-state index contributed by atoms with van der Waals surface area (Å²) in [7, 11) is 0. The molecule has 2 unspecified atom stereocenters. The molecule has 1 saturated heterocycles. The predicted octanol–water partition coefficient (Wildman–Crippen LogP) is 2.01. The second-order valence-corrected chi connectivity index (χ2v) is 5.64. The summed E-state index contributed by atoms with van der Waals surface area (Å²) in [5.74, 6) is 1.42. The molecule has 1 aliphatic rings. The van der Waals surface area contributed by atoms with Crippen molar-refractivity contribution in [2.75, 3.05) is 6.61 Å². The average Bonchev–Trinajstić information content (AvgIpc) is 2.75. The van der Waals surface area contributed by atoms with Crippen LogP contribution in [0.5, 0.6) is 0 Å². The van der Waals surface area contributed by atoms with Crippen LogP contribution in [0.25, 0.3) is 0 Å². The minimum absolute atomic E-state index is 0.161. The third-order valence-corrected chi connectivity index (χ3v) is 3.85. The van der Waals surface area contributed by atoms with E-state index in [-0.39, 0.29) is 6.10 Å². The molecule has 2 rings (SSSR count). The van der Waals surface area contributed by atoms with Gasteiger partial charge in [0.25, 0.3) is 0 Å². The molecule has 4 heteroatoms. The number of ether oxygens (including phenoxy) is 1. The fraction of sp³-hybridized carbons (Fsp3) is 0.786. The molecule has 0 aliphatic carbocycles. The minimum Gasteiger partial charge on any atom is -0.389 e. The van der Waals surface area contributed by atoms with Gasteiger partial charge in [-0.15, -0.1) is 0 Å². The van der Waals surface area contributed by atoms with Crippen LogP contribution in [0, 0.1) is 5.92 Å². The molecule has 0 spiro atoms. The van der Waals surface area contributed by atoms with Crippen LogP contribution in [0.2, 0.25) is 0 Å². The van der Waals surface area contributed by atoms with Crippen LogP contribution in [0.4, 0.5) is 0 Å². The zero-order chi connectivity index (χ0) is 13.2. The summed E-state index contributed by atoms with van der Waals surface area (Å²) in [6, 6.07) is 0. The van der Waals surface area contributed by atoms with Crippen molar-refractivity contribution in [1.82, 2.24) is 9.55 Å². The lowest BCUT2D eigenvalue weighted by Crippen LogP contribution is -2.44. The SMILES string of the molecule is CCn1ccnc1CC1(O)CCOC(C(C)C)C1. The number of aliphatic hydroxyl groups is 1. The van der Waals surface area contributed by atoms with E-state index in [1.807, 2.05) is 6.20 Å². The summed E-state index contributed by atoms with van der Waals surface area (Å²) in [6.07, 6.45) is 5.97. The first-order valence-electron chi connectivity index (χ1n) is 6.88. The molecule has 1 aromatic rings. The smallest absolute Gasteiger partial charge is 0.111 e. The highest BCUT2D eigenvalue weighted by Gasteiger charge is 2.37. The zero-order valence-corrected chi connectivity index (χ0v) is 11.6. The normalized spacial score (nSPS) is 28.8. The van der Waals surface area contributed by atoms with Crippen LogP contribution in [0.1, 0.15) is 39.4 Å². The molecule has 0 radical (unpaired) electrons. The van der Waals surface area contributed by atoms with Crippen molar-refractivity contribution >= 4 is 0 Å². The van der Waals surface area contributed by atoms with Crippen molar-refractivity contribution in [1.29, 1.82) is 0 Å². The average molecular weight is 252 g/mol. The quantitative estimate of drug-likeness (QED) is 0.891. The Bertz CT molecular complexity index is 389. The van der Waals surface area contributed by atoms with E-state index in [4.69, 9.17) is 4.74 Å². The van der Waals surface area contributed by atoms with E-state index in [1.165, 1.54) is 0 Å². The van der Waals surface area contributed by atoms with Gasteiger partial charge in [-0.2, -0.15) is 0 Å². The van der Waals surface area contributed by atoms with Crippen LogP contribution >= 0.6 is 0 Å². The summed E-state index contributed by atoms with van der Waals surface area (Å²) in [5, 5.41) is 10.7. The molecule has 4 nitrogen and oxygen atoms in total. The van der Waals surface area contributed by atoms with Gasteiger partial charge < -0.3 is 14.4 Å². The fourth-order valence-corrected chi connectivity index (χ4v) is 2.61. The Morgan fingerprint density at radius 3 is 3.06 bits per heavy atom. The van der Waals surface area contributed by atoms with E-state index < -0.39 is 5.60 Å². The summed E-state index contributed by atoms with van der Waals surface area (Å²) in [4.78, 5) is 4.36. The molecule has 1 fully saturated rings. The lowest BCUT2D eigenvalue weighted by Gasteiger charge is -2.38. The molecule has 1 N–H and O–H groups in total. The van der Waals surface area contributed by atoms with E-state index in [0.29, 0.717) is 31.8 Å². The highest BCUT2D eigenvalue weighted by atomic mass is 16.5. The molecule has 0 bridgehead atoms. The van der Waals surface area contributed by atoms with Crippen LogP contribution in [0.3, 0.4) is 0 Å². The second kappa shape index (κ2) is 5.41. The first kappa shape index (κ1) is 13.6. The van der Waals surface area contributed by atoms with Crippen molar-refractivity contribution in [3.8, 4) is 0 Å². The molecular formula is C14H24N2O2. The highest BCUT2D eigenvalue weighted by Crippen LogP contribution is 2.31. The van der Waals surface area contributed by atoms with Gasteiger partial charge in [-0.3, -0.25) is 0 Å². The highest BCUT2D eigenvalue weighted by molar-refractivity contribution is 5.00. The third-order valence-electron chi connectivity index (χ3n) is 3.85. The summed E-state index contributed by atoms with van der Waals surface area (Å²) >= 11 is 0. The molecule has 18 heavy (non-hydrogen) atoms. The molecule has 0 saturated carbocycles. The molecule has 2 heterocycles. The van der Waals surface area contributed by atoms with Gasteiger partial charge in [0.15, 0.2) is 0 Å². The molecule has 1 aromatic heterocycles. The van der Waals surface area contributed by atoms with Crippen LogP contribution < -0.4 is 0 Å². The van der Waals surface area contributed by atoms with Gasteiger partial charge in [-0.25, -0.2) is 4.98 Å². The lowest BCUT2D eigenvalue weighted by molar-refractivity contribution is -0.117. The Balaban J connectivity index is 2.07. The summed E-state index contributed by atoms with van der Waals surface area (Å²) in [5.41, 5.74) is -0.661. The molecular weight excluding hydrogens is 228 g/mol. The van der Waals surface area contributed by atoms with E-state index >= 15 is 0 Å². The first-order valence-corrected chi connectivity index (χ1v) is 6.88. The predicted molar refractivity (Wildman–Crippen MR) is 70.4 cm³/mol. The summed E-state index contributed by atoms with van der Waals surface area (Å²) < 4.78 is 7.82. The van der Waals surface area contributed by atoms with Crippen molar-refractivity contribution in [3.05, 3.63) is 18.2 Å². The maximum atomic E-state index is 10.7. The van der Waals surface area contributed by atoms with Gasteiger partial charge in [0.05, 0.1) is 11.7 Å². The molecule has 0 aromatic carbocycles. The second-order valence-electron chi connectivity index (χ2n) is 5.64. The largest absolute Gasteiger partial charge is 0.389 e.